The number of ether oxygens (including phenoxy) is 1. The fraction of sp³-hybridized carbons (Fsp3) is 0.0833. The summed E-state index contributed by atoms with van der Waals surface area (Å²) in [6.07, 6.45) is 0. The number of hydrogen-bond acceptors (Lipinski definition) is 5. The minimum atomic E-state index is -1.01. The van der Waals surface area contributed by atoms with Crippen LogP contribution in [0.1, 0.15) is 21.5 Å². The van der Waals surface area contributed by atoms with Crippen LogP contribution in [0.3, 0.4) is 0 Å². The molecule has 0 aliphatic carbocycles. The van der Waals surface area contributed by atoms with E-state index in [9.17, 15) is 19.1 Å². The van der Waals surface area contributed by atoms with E-state index in [4.69, 9.17) is 9.15 Å². The topological polar surface area (TPSA) is 88.8 Å². The van der Waals surface area contributed by atoms with Gasteiger partial charge in [0.1, 0.15) is 29.5 Å². The van der Waals surface area contributed by atoms with Crippen molar-refractivity contribution in [3.05, 3.63) is 99.7 Å². The summed E-state index contributed by atoms with van der Waals surface area (Å²) in [5.74, 6) is -1.49. The number of fused-ring (bicyclic) bond motifs is 1. The first kappa shape index (κ1) is 20.2. The van der Waals surface area contributed by atoms with Crippen LogP contribution in [0.2, 0.25) is 0 Å². The summed E-state index contributed by atoms with van der Waals surface area (Å²) in [6, 6.07) is 17.9. The van der Waals surface area contributed by atoms with Gasteiger partial charge in [-0.3, -0.25) is 4.79 Å². The summed E-state index contributed by atoms with van der Waals surface area (Å²) < 4.78 is 24.5. The molecule has 4 aromatic rings. The summed E-state index contributed by atoms with van der Waals surface area (Å²) in [7, 11) is 0. The minimum Gasteiger partial charge on any atom is -0.506 e. The fourth-order valence-corrected chi connectivity index (χ4v) is 3.22. The Balaban J connectivity index is 1.67. The largest absolute Gasteiger partial charge is 0.506 e. The summed E-state index contributed by atoms with van der Waals surface area (Å²) in [5.41, 5.74) is 0.171. The number of nitrogens with one attached hydrogen (secondary N) is 1. The Morgan fingerprint density at radius 3 is 2.61 bits per heavy atom. The number of anilines is 1. The van der Waals surface area contributed by atoms with E-state index in [0.717, 1.165) is 11.6 Å². The Morgan fingerprint density at radius 2 is 1.87 bits per heavy atom. The number of carbonyl (C=O) groups excluding carboxylic acids is 1. The number of halogens is 1. The molecule has 7 heteroatoms. The highest BCUT2D eigenvalue weighted by molar-refractivity contribution is 6.08. The molecule has 3 aromatic carbocycles. The Labute approximate surface area is 176 Å². The quantitative estimate of drug-likeness (QED) is 0.455. The summed E-state index contributed by atoms with van der Waals surface area (Å²) >= 11 is 0. The van der Waals surface area contributed by atoms with Gasteiger partial charge in [0.25, 0.3) is 5.91 Å². The van der Waals surface area contributed by atoms with Crippen molar-refractivity contribution < 1.29 is 23.4 Å². The first-order valence-electron chi connectivity index (χ1n) is 9.47. The smallest absolute Gasteiger partial charge is 0.353 e. The normalized spacial score (nSPS) is 10.8. The lowest BCUT2D eigenvalue weighted by Crippen LogP contribution is -2.21. The van der Waals surface area contributed by atoms with Gasteiger partial charge in [-0.1, -0.05) is 36.4 Å². The molecule has 0 unspecified atom stereocenters. The highest BCUT2D eigenvalue weighted by Gasteiger charge is 2.23. The van der Waals surface area contributed by atoms with E-state index in [-0.39, 0.29) is 16.7 Å². The molecule has 6 nitrogen and oxygen atoms in total. The Kier molecular flexibility index (Phi) is 5.41. The number of hydrogen-bond donors (Lipinski definition) is 2. The summed E-state index contributed by atoms with van der Waals surface area (Å²) in [5, 5.41) is 13.2. The van der Waals surface area contributed by atoms with Gasteiger partial charge in [0, 0.05) is 11.3 Å². The van der Waals surface area contributed by atoms with Crippen LogP contribution in [-0.4, -0.2) is 11.0 Å². The van der Waals surface area contributed by atoms with E-state index in [2.05, 4.69) is 5.32 Å². The first-order valence-corrected chi connectivity index (χ1v) is 9.47. The Morgan fingerprint density at radius 1 is 1.10 bits per heavy atom. The van der Waals surface area contributed by atoms with Crippen molar-refractivity contribution >= 4 is 22.6 Å². The molecule has 0 fully saturated rings. The molecule has 0 spiro atoms. The fourth-order valence-electron chi connectivity index (χ4n) is 3.22. The van der Waals surface area contributed by atoms with Gasteiger partial charge in [0.05, 0.1) is 5.39 Å². The van der Waals surface area contributed by atoms with Crippen molar-refractivity contribution in [1.82, 2.24) is 0 Å². The van der Waals surface area contributed by atoms with Crippen LogP contribution in [0, 0.1) is 12.7 Å². The van der Waals surface area contributed by atoms with E-state index in [1.54, 1.807) is 13.0 Å². The molecular weight excluding hydrogens is 401 g/mol. The number of aryl methyl sites for hydroxylation is 1. The van der Waals surface area contributed by atoms with E-state index in [1.165, 1.54) is 24.3 Å². The number of rotatable bonds is 5. The molecule has 0 radical (unpaired) electrons. The zero-order valence-electron chi connectivity index (χ0n) is 16.5. The molecule has 0 aliphatic heterocycles. The maximum Gasteiger partial charge on any atom is 0.353 e. The molecular formula is C24H18FNO5. The van der Waals surface area contributed by atoms with E-state index in [0.29, 0.717) is 17.9 Å². The van der Waals surface area contributed by atoms with Crippen molar-refractivity contribution in [2.45, 2.75) is 13.5 Å². The molecule has 0 bridgehead atoms. The molecule has 0 atom stereocenters. The van der Waals surface area contributed by atoms with Crippen LogP contribution in [-0.2, 0) is 6.61 Å². The van der Waals surface area contributed by atoms with Gasteiger partial charge >= 0.3 is 5.63 Å². The third-order valence-corrected chi connectivity index (χ3v) is 4.79. The molecule has 156 valence electrons. The predicted octanol–water partition coefficient (Wildman–Crippen LogP) is 4.78. The maximum absolute atomic E-state index is 13.3. The third kappa shape index (κ3) is 4.11. The van der Waals surface area contributed by atoms with Gasteiger partial charge in [-0.05, 0) is 42.8 Å². The maximum atomic E-state index is 13.3. The van der Waals surface area contributed by atoms with Crippen molar-refractivity contribution in [1.29, 1.82) is 0 Å². The Hall–Kier alpha value is -4.13. The molecule has 1 amide bonds. The van der Waals surface area contributed by atoms with Crippen LogP contribution in [0.25, 0.3) is 11.0 Å². The standard InChI is InChI=1S/C24H18FNO5/c1-14-19(30-13-15-6-3-2-4-7-15)11-10-18-21(27)20(24(29)31-22(14)18)23(28)26-17-9-5-8-16(25)12-17/h2-12,27H,13H2,1H3,(H,26,28). The van der Waals surface area contributed by atoms with Gasteiger partial charge < -0.3 is 19.6 Å². The average molecular weight is 419 g/mol. The summed E-state index contributed by atoms with van der Waals surface area (Å²) in [6.45, 7) is 2.01. The van der Waals surface area contributed by atoms with Gasteiger partial charge in [0.2, 0.25) is 0 Å². The SMILES string of the molecule is Cc1c(OCc2ccccc2)ccc2c(O)c(C(=O)Nc3cccc(F)c3)c(=O)oc12. The summed E-state index contributed by atoms with van der Waals surface area (Å²) in [4.78, 5) is 25.0. The second-order valence-electron chi connectivity index (χ2n) is 6.92. The second-order valence-corrected chi connectivity index (χ2v) is 6.92. The van der Waals surface area contributed by atoms with Crippen molar-refractivity contribution in [3.63, 3.8) is 0 Å². The van der Waals surface area contributed by atoms with Crippen molar-refractivity contribution in [3.8, 4) is 11.5 Å². The second kappa shape index (κ2) is 8.31. The monoisotopic (exact) mass is 419 g/mol. The van der Waals surface area contributed by atoms with Crippen molar-refractivity contribution in [2.24, 2.45) is 0 Å². The lowest BCUT2D eigenvalue weighted by atomic mass is 10.1. The van der Waals surface area contributed by atoms with Gasteiger partial charge in [0.15, 0.2) is 5.56 Å². The third-order valence-electron chi connectivity index (χ3n) is 4.79. The molecule has 0 saturated heterocycles. The molecule has 1 heterocycles. The number of benzene rings is 3. The average Bonchev–Trinajstić information content (AvgIpc) is 2.74. The zero-order valence-corrected chi connectivity index (χ0v) is 16.5. The van der Waals surface area contributed by atoms with E-state index >= 15 is 0 Å². The van der Waals surface area contributed by atoms with Crippen LogP contribution in [0.4, 0.5) is 10.1 Å². The van der Waals surface area contributed by atoms with E-state index in [1.807, 2.05) is 30.3 Å². The number of amides is 1. The number of aromatic hydroxyl groups is 1. The molecule has 2 N–H and O–H groups in total. The lowest BCUT2D eigenvalue weighted by molar-refractivity contribution is 0.102. The van der Waals surface area contributed by atoms with Gasteiger partial charge in [-0.15, -0.1) is 0 Å². The molecule has 4 rings (SSSR count). The minimum absolute atomic E-state index is 0.121. The predicted molar refractivity (Wildman–Crippen MR) is 114 cm³/mol. The van der Waals surface area contributed by atoms with Crippen LogP contribution in [0.5, 0.6) is 11.5 Å². The van der Waals surface area contributed by atoms with Gasteiger partial charge in [-0.25, -0.2) is 9.18 Å². The molecule has 1 aromatic heterocycles. The molecule has 0 aliphatic rings. The van der Waals surface area contributed by atoms with Crippen LogP contribution in [0.15, 0.2) is 75.9 Å². The van der Waals surface area contributed by atoms with Crippen LogP contribution >= 0.6 is 0 Å². The van der Waals surface area contributed by atoms with Crippen LogP contribution < -0.4 is 15.7 Å². The zero-order chi connectivity index (χ0) is 22.0. The highest BCUT2D eigenvalue weighted by Crippen LogP contribution is 2.33. The van der Waals surface area contributed by atoms with Crippen molar-refractivity contribution in [2.75, 3.05) is 5.32 Å². The lowest BCUT2D eigenvalue weighted by Gasteiger charge is -2.12. The van der Waals surface area contributed by atoms with Gasteiger partial charge in [-0.2, -0.15) is 0 Å². The Bertz CT molecular complexity index is 1330. The molecule has 31 heavy (non-hydrogen) atoms. The highest BCUT2D eigenvalue weighted by atomic mass is 19.1. The number of carbonyl (C=O) groups is 1. The molecule has 0 saturated carbocycles. The first-order chi connectivity index (χ1) is 14.9. The van der Waals surface area contributed by atoms with E-state index < -0.39 is 28.7 Å².